The van der Waals surface area contributed by atoms with Gasteiger partial charge in [-0.05, 0) is 37.1 Å². The summed E-state index contributed by atoms with van der Waals surface area (Å²) in [7, 11) is 0. The Morgan fingerprint density at radius 2 is 2.19 bits per heavy atom. The summed E-state index contributed by atoms with van der Waals surface area (Å²) >= 11 is 1.92. The Bertz CT molecular complexity index is 586. The molecule has 3 nitrogen and oxygen atoms in total. The Balaban J connectivity index is 1.32. The number of aromatic nitrogens is 1. The van der Waals surface area contributed by atoms with E-state index in [9.17, 15) is 0 Å². The number of hydrogen-bond acceptors (Lipinski definition) is 4. The van der Waals surface area contributed by atoms with Crippen molar-refractivity contribution in [3.63, 3.8) is 0 Å². The summed E-state index contributed by atoms with van der Waals surface area (Å²) in [5.41, 5.74) is 1.24. The molecule has 0 radical (unpaired) electrons. The highest BCUT2D eigenvalue weighted by atomic mass is 32.1. The van der Waals surface area contributed by atoms with Gasteiger partial charge in [0.1, 0.15) is 0 Å². The zero-order valence-electron chi connectivity index (χ0n) is 12.1. The summed E-state index contributed by atoms with van der Waals surface area (Å²) in [6.07, 6.45) is 4.65. The summed E-state index contributed by atoms with van der Waals surface area (Å²) in [6, 6.07) is 10.7. The molecule has 21 heavy (non-hydrogen) atoms. The Kier molecular flexibility index (Phi) is 3.76. The van der Waals surface area contributed by atoms with E-state index in [-0.39, 0.29) is 0 Å². The van der Waals surface area contributed by atoms with Gasteiger partial charge < -0.3 is 4.74 Å². The van der Waals surface area contributed by atoms with E-state index in [0.717, 1.165) is 26.2 Å². The van der Waals surface area contributed by atoms with Gasteiger partial charge in [-0.3, -0.25) is 9.88 Å². The molecule has 2 aliphatic heterocycles. The van der Waals surface area contributed by atoms with Gasteiger partial charge in [-0.25, -0.2) is 0 Å². The average molecular weight is 300 g/mol. The summed E-state index contributed by atoms with van der Waals surface area (Å²) in [5.74, 6) is 0.615. The number of pyridine rings is 1. The minimum atomic E-state index is 0.362. The Hall–Kier alpha value is -1.23. The minimum Gasteiger partial charge on any atom is -0.373 e. The van der Waals surface area contributed by atoms with E-state index in [0.29, 0.717) is 12.0 Å². The van der Waals surface area contributed by atoms with Crippen molar-refractivity contribution in [1.29, 1.82) is 0 Å². The highest BCUT2D eigenvalue weighted by molar-refractivity contribution is 7.12. The van der Waals surface area contributed by atoms with Gasteiger partial charge in [-0.2, -0.15) is 0 Å². The second-order valence-corrected chi connectivity index (χ2v) is 7.15. The largest absolute Gasteiger partial charge is 0.373 e. The van der Waals surface area contributed by atoms with Gasteiger partial charge >= 0.3 is 0 Å². The lowest BCUT2D eigenvalue weighted by atomic mass is 9.96. The molecule has 2 saturated heterocycles. The lowest BCUT2D eigenvalue weighted by molar-refractivity contribution is 0.114. The molecule has 0 saturated carbocycles. The summed E-state index contributed by atoms with van der Waals surface area (Å²) < 4.78 is 5.76. The lowest BCUT2D eigenvalue weighted by Gasteiger charge is -2.38. The highest BCUT2D eigenvalue weighted by Gasteiger charge is 2.29. The van der Waals surface area contributed by atoms with Crippen LogP contribution in [-0.4, -0.2) is 29.6 Å². The van der Waals surface area contributed by atoms with Gasteiger partial charge in [-0.1, -0.05) is 6.07 Å². The first-order valence-corrected chi connectivity index (χ1v) is 8.53. The molecule has 2 aromatic rings. The maximum atomic E-state index is 5.76. The third-order valence-corrected chi connectivity index (χ3v) is 5.53. The SMILES string of the molecule is c1ccc(C2CN(Cc3ccc([C@H]4CCCO4)s3)C2)nc1. The van der Waals surface area contributed by atoms with Crippen molar-refractivity contribution in [3.8, 4) is 0 Å². The molecule has 4 heterocycles. The molecular weight excluding hydrogens is 280 g/mol. The van der Waals surface area contributed by atoms with Gasteiger partial charge in [0.2, 0.25) is 0 Å². The fraction of sp³-hybridized carbons (Fsp3) is 0.471. The second kappa shape index (κ2) is 5.87. The van der Waals surface area contributed by atoms with E-state index in [1.165, 1.54) is 28.3 Å². The molecule has 110 valence electrons. The van der Waals surface area contributed by atoms with Crippen molar-refractivity contribution in [2.24, 2.45) is 0 Å². The van der Waals surface area contributed by atoms with Crippen LogP contribution in [-0.2, 0) is 11.3 Å². The van der Waals surface area contributed by atoms with E-state index in [1.54, 1.807) is 0 Å². The fourth-order valence-electron chi connectivity index (χ4n) is 3.18. The maximum Gasteiger partial charge on any atom is 0.0917 e. The zero-order valence-corrected chi connectivity index (χ0v) is 12.9. The third kappa shape index (κ3) is 2.89. The zero-order chi connectivity index (χ0) is 14.1. The van der Waals surface area contributed by atoms with Crippen molar-refractivity contribution in [3.05, 3.63) is 52.0 Å². The van der Waals surface area contributed by atoms with E-state index in [1.807, 2.05) is 23.6 Å². The molecule has 2 fully saturated rings. The van der Waals surface area contributed by atoms with Crippen LogP contribution in [0.4, 0.5) is 0 Å². The first-order chi connectivity index (χ1) is 10.4. The topological polar surface area (TPSA) is 25.4 Å². The van der Waals surface area contributed by atoms with Crippen LogP contribution in [0, 0.1) is 0 Å². The molecule has 2 aromatic heterocycles. The van der Waals surface area contributed by atoms with E-state index >= 15 is 0 Å². The summed E-state index contributed by atoms with van der Waals surface area (Å²) in [4.78, 5) is 9.83. The second-order valence-electron chi connectivity index (χ2n) is 5.95. The van der Waals surface area contributed by atoms with Crippen molar-refractivity contribution in [1.82, 2.24) is 9.88 Å². The highest BCUT2D eigenvalue weighted by Crippen LogP contribution is 2.35. The summed E-state index contributed by atoms with van der Waals surface area (Å²) in [5, 5.41) is 0. The van der Waals surface area contributed by atoms with Crippen molar-refractivity contribution in [2.45, 2.75) is 31.4 Å². The molecule has 0 bridgehead atoms. The fourth-order valence-corrected chi connectivity index (χ4v) is 4.32. The van der Waals surface area contributed by atoms with Crippen LogP contribution < -0.4 is 0 Å². The van der Waals surface area contributed by atoms with E-state index < -0.39 is 0 Å². The quantitative estimate of drug-likeness (QED) is 0.863. The van der Waals surface area contributed by atoms with Crippen LogP contribution in [0.5, 0.6) is 0 Å². The monoisotopic (exact) mass is 300 g/mol. The van der Waals surface area contributed by atoms with Gasteiger partial charge in [0.05, 0.1) is 6.10 Å². The number of thiophene rings is 1. The molecule has 2 aliphatic rings. The number of rotatable bonds is 4. The van der Waals surface area contributed by atoms with E-state index in [2.05, 4.69) is 34.1 Å². The standard InChI is InChI=1S/C17H20N2OS/c1-2-8-18-15(4-1)13-10-19(11-13)12-14-6-7-17(21-14)16-5-3-9-20-16/h1-2,4,6-8,13,16H,3,5,9-12H2/t16-/m1/s1. The van der Waals surface area contributed by atoms with Gasteiger partial charge in [0.15, 0.2) is 0 Å². The maximum absolute atomic E-state index is 5.76. The van der Waals surface area contributed by atoms with Crippen molar-refractivity contribution in [2.75, 3.05) is 19.7 Å². The molecule has 4 heteroatoms. The average Bonchev–Trinajstić information content (AvgIpc) is 3.14. The third-order valence-electron chi connectivity index (χ3n) is 4.37. The van der Waals surface area contributed by atoms with Crippen LogP contribution in [0.1, 0.15) is 40.3 Å². The summed E-state index contributed by atoms with van der Waals surface area (Å²) in [6.45, 7) is 4.25. The molecule has 0 amide bonds. The van der Waals surface area contributed by atoms with Gasteiger partial charge in [0, 0.05) is 53.8 Å². The van der Waals surface area contributed by atoms with Gasteiger partial charge in [-0.15, -0.1) is 11.3 Å². The predicted octanol–water partition coefficient (Wildman–Crippen LogP) is 3.59. The van der Waals surface area contributed by atoms with Gasteiger partial charge in [0.25, 0.3) is 0 Å². The molecule has 0 N–H and O–H groups in total. The van der Waals surface area contributed by atoms with Crippen LogP contribution >= 0.6 is 11.3 Å². The van der Waals surface area contributed by atoms with Crippen molar-refractivity contribution < 1.29 is 4.74 Å². The molecule has 1 atom stereocenters. The normalized spacial score (nSPS) is 23.3. The molecule has 0 unspecified atom stereocenters. The Morgan fingerprint density at radius 1 is 1.24 bits per heavy atom. The smallest absolute Gasteiger partial charge is 0.0917 e. The predicted molar refractivity (Wildman–Crippen MR) is 84.5 cm³/mol. The number of ether oxygens (including phenoxy) is 1. The number of likely N-dealkylation sites (tertiary alicyclic amines) is 1. The van der Waals surface area contributed by atoms with Crippen LogP contribution in [0.2, 0.25) is 0 Å². The Labute approximate surface area is 129 Å². The van der Waals surface area contributed by atoms with Crippen LogP contribution in [0.15, 0.2) is 36.5 Å². The van der Waals surface area contributed by atoms with E-state index in [4.69, 9.17) is 4.74 Å². The molecule has 0 aliphatic carbocycles. The van der Waals surface area contributed by atoms with Crippen LogP contribution in [0.25, 0.3) is 0 Å². The van der Waals surface area contributed by atoms with Crippen LogP contribution in [0.3, 0.4) is 0 Å². The minimum absolute atomic E-state index is 0.362. The molecular formula is C17H20N2OS. The lowest BCUT2D eigenvalue weighted by Crippen LogP contribution is -2.44. The Morgan fingerprint density at radius 3 is 2.95 bits per heavy atom. The molecule has 0 aromatic carbocycles. The first kappa shape index (κ1) is 13.4. The first-order valence-electron chi connectivity index (χ1n) is 7.72. The molecule has 0 spiro atoms. The number of nitrogens with zero attached hydrogens (tertiary/aromatic N) is 2. The molecule has 4 rings (SSSR count). The number of hydrogen-bond donors (Lipinski definition) is 0. The van der Waals surface area contributed by atoms with Crippen molar-refractivity contribution >= 4 is 11.3 Å².